The predicted octanol–water partition coefficient (Wildman–Crippen LogP) is 0.274. The normalized spacial score (nSPS) is 26.1. The van der Waals surface area contributed by atoms with Crippen LogP contribution in [0.1, 0.15) is 44.9 Å². The SMILES string of the molecule is CS(=O)(=O)N(CC(=O)NC1CCS(=O)(=O)C1)C1CCCCCC1. The van der Waals surface area contributed by atoms with Crippen LogP contribution in [0.25, 0.3) is 0 Å². The molecule has 0 aromatic rings. The minimum Gasteiger partial charge on any atom is -0.351 e. The number of rotatable bonds is 5. The maximum atomic E-state index is 12.2. The van der Waals surface area contributed by atoms with Gasteiger partial charge in [0.05, 0.1) is 24.3 Å². The number of amides is 1. The van der Waals surface area contributed by atoms with Crippen molar-refractivity contribution in [3.8, 4) is 0 Å². The zero-order valence-corrected chi connectivity index (χ0v) is 15.2. The van der Waals surface area contributed by atoms with E-state index in [2.05, 4.69) is 5.32 Å². The van der Waals surface area contributed by atoms with Crippen LogP contribution in [0.15, 0.2) is 0 Å². The molecule has 1 N–H and O–H groups in total. The van der Waals surface area contributed by atoms with E-state index in [9.17, 15) is 21.6 Å². The minimum absolute atomic E-state index is 0.0545. The maximum absolute atomic E-state index is 12.2. The number of carbonyl (C=O) groups is 1. The third-order valence-corrected chi connectivity index (χ3v) is 7.60. The van der Waals surface area contributed by atoms with Crippen LogP contribution in [0.3, 0.4) is 0 Å². The van der Waals surface area contributed by atoms with Crippen molar-refractivity contribution in [2.24, 2.45) is 0 Å². The van der Waals surface area contributed by atoms with Crippen LogP contribution >= 0.6 is 0 Å². The number of carbonyl (C=O) groups excluding carboxylic acids is 1. The van der Waals surface area contributed by atoms with Gasteiger partial charge in [-0.1, -0.05) is 25.7 Å². The van der Waals surface area contributed by atoms with Gasteiger partial charge in [0, 0.05) is 12.1 Å². The van der Waals surface area contributed by atoms with E-state index < -0.39 is 31.8 Å². The Morgan fingerprint density at radius 1 is 1.13 bits per heavy atom. The third kappa shape index (κ3) is 5.72. The minimum atomic E-state index is -3.48. The summed E-state index contributed by atoms with van der Waals surface area (Å²) in [4.78, 5) is 12.2. The van der Waals surface area contributed by atoms with Gasteiger partial charge in [-0.15, -0.1) is 0 Å². The van der Waals surface area contributed by atoms with Crippen molar-refractivity contribution >= 4 is 25.8 Å². The van der Waals surface area contributed by atoms with Gasteiger partial charge in [0.2, 0.25) is 15.9 Å². The lowest BCUT2D eigenvalue weighted by Crippen LogP contribution is -2.48. The number of hydrogen-bond donors (Lipinski definition) is 1. The van der Waals surface area contributed by atoms with Gasteiger partial charge in [-0.05, 0) is 19.3 Å². The van der Waals surface area contributed by atoms with E-state index in [-0.39, 0.29) is 24.1 Å². The van der Waals surface area contributed by atoms with Gasteiger partial charge >= 0.3 is 0 Å². The first-order chi connectivity index (χ1) is 10.7. The van der Waals surface area contributed by atoms with Crippen molar-refractivity contribution in [2.75, 3.05) is 24.3 Å². The van der Waals surface area contributed by atoms with Gasteiger partial charge in [-0.25, -0.2) is 16.8 Å². The molecule has 0 aromatic carbocycles. The van der Waals surface area contributed by atoms with Gasteiger partial charge < -0.3 is 5.32 Å². The van der Waals surface area contributed by atoms with Crippen molar-refractivity contribution in [3.05, 3.63) is 0 Å². The molecule has 1 amide bonds. The van der Waals surface area contributed by atoms with Crippen LogP contribution in [0.5, 0.6) is 0 Å². The summed E-state index contributed by atoms with van der Waals surface area (Å²) in [5, 5.41) is 2.67. The van der Waals surface area contributed by atoms with Crippen LogP contribution in [0.2, 0.25) is 0 Å². The zero-order valence-electron chi connectivity index (χ0n) is 13.5. The van der Waals surface area contributed by atoms with E-state index in [0.717, 1.165) is 44.8 Å². The summed E-state index contributed by atoms with van der Waals surface area (Å²) in [6.07, 6.45) is 7.22. The monoisotopic (exact) mass is 366 g/mol. The molecular formula is C14H26N2O5S2. The molecule has 1 atom stereocenters. The summed E-state index contributed by atoms with van der Waals surface area (Å²) in [5.41, 5.74) is 0. The van der Waals surface area contributed by atoms with Crippen molar-refractivity contribution in [1.29, 1.82) is 0 Å². The topological polar surface area (TPSA) is 101 Å². The van der Waals surface area contributed by atoms with Crippen LogP contribution in [-0.2, 0) is 24.7 Å². The molecule has 0 bridgehead atoms. The number of sulfone groups is 1. The first-order valence-corrected chi connectivity index (χ1v) is 11.8. The summed E-state index contributed by atoms with van der Waals surface area (Å²) in [6.45, 7) is -0.222. The number of hydrogen-bond acceptors (Lipinski definition) is 5. The molecule has 1 saturated carbocycles. The lowest BCUT2D eigenvalue weighted by Gasteiger charge is -2.28. The molecule has 1 unspecified atom stereocenters. The quantitative estimate of drug-likeness (QED) is 0.704. The number of sulfonamides is 1. The fourth-order valence-electron chi connectivity index (χ4n) is 3.39. The fourth-order valence-corrected chi connectivity index (χ4v) is 6.16. The summed E-state index contributed by atoms with van der Waals surface area (Å²) >= 11 is 0. The number of nitrogens with one attached hydrogen (secondary N) is 1. The van der Waals surface area contributed by atoms with Gasteiger partial charge in [0.1, 0.15) is 0 Å². The van der Waals surface area contributed by atoms with Crippen LogP contribution < -0.4 is 5.32 Å². The predicted molar refractivity (Wildman–Crippen MR) is 88.2 cm³/mol. The Balaban J connectivity index is 1.98. The second-order valence-corrected chi connectivity index (χ2v) is 10.8. The highest BCUT2D eigenvalue weighted by Crippen LogP contribution is 2.23. The maximum Gasteiger partial charge on any atom is 0.235 e. The Morgan fingerprint density at radius 2 is 1.74 bits per heavy atom. The van der Waals surface area contributed by atoms with Crippen molar-refractivity contribution in [1.82, 2.24) is 9.62 Å². The Bertz CT molecular complexity index is 622. The average molecular weight is 367 g/mol. The van der Waals surface area contributed by atoms with E-state index in [1.54, 1.807) is 0 Å². The molecule has 7 nitrogen and oxygen atoms in total. The van der Waals surface area contributed by atoms with Crippen LogP contribution in [0.4, 0.5) is 0 Å². The smallest absolute Gasteiger partial charge is 0.235 e. The third-order valence-electron chi connectivity index (χ3n) is 4.55. The van der Waals surface area contributed by atoms with Gasteiger partial charge in [-0.3, -0.25) is 4.79 Å². The highest BCUT2D eigenvalue weighted by molar-refractivity contribution is 7.91. The van der Waals surface area contributed by atoms with Crippen LogP contribution in [0, 0.1) is 0 Å². The summed E-state index contributed by atoms with van der Waals surface area (Å²) < 4.78 is 48.3. The lowest BCUT2D eigenvalue weighted by atomic mass is 10.1. The molecule has 1 aliphatic carbocycles. The van der Waals surface area contributed by atoms with Crippen molar-refractivity contribution < 1.29 is 21.6 Å². The summed E-state index contributed by atoms with van der Waals surface area (Å²) in [6, 6.07) is -0.534. The van der Waals surface area contributed by atoms with E-state index in [4.69, 9.17) is 0 Å². The second-order valence-electron chi connectivity index (χ2n) is 6.62. The standard InChI is InChI=1S/C14H26N2O5S2/c1-22(18,19)16(13-6-4-2-3-5-7-13)10-14(17)15-12-8-9-23(20,21)11-12/h12-13H,2-11H2,1H3,(H,15,17). The summed E-state index contributed by atoms with van der Waals surface area (Å²) in [5.74, 6) is -0.390. The Morgan fingerprint density at radius 3 is 2.22 bits per heavy atom. The fraction of sp³-hybridized carbons (Fsp3) is 0.929. The van der Waals surface area contributed by atoms with Crippen molar-refractivity contribution in [3.63, 3.8) is 0 Å². The van der Waals surface area contributed by atoms with E-state index >= 15 is 0 Å². The van der Waals surface area contributed by atoms with Crippen molar-refractivity contribution in [2.45, 2.75) is 57.0 Å². The summed E-state index contributed by atoms with van der Waals surface area (Å²) in [7, 11) is -6.55. The molecule has 0 spiro atoms. The van der Waals surface area contributed by atoms with E-state index in [1.165, 1.54) is 4.31 Å². The highest BCUT2D eigenvalue weighted by atomic mass is 32.2. The molecule has 23 heavy (non-hydrogen) atoms. The molecule has 1 heterocycles. The number of nitrogens with zero attached hydrogens (tertiary/aromatic N) is 1. The molecule has 1 aliphatic heterocycles. The van der Waals surface area contributed by atoms with E-state index in [0.29, 0.717) is 6.42 Å². The average Bonchev–Trinajstić information content (AvgIpc) is 2.65. The molecular weight excluding hydrogens is 340 g/mol. The Kier molecular flexibility index (Phi) is 6.07. The van der Waals surface area contributed by atoms with Gasteiger partial charge in [-0.2, -0.15) is 4.31 Å². The molecule has 0 aromatic heterocycles. The van der Waals surface area contributed by atoms with Gasteiger partial charge in [0.25, 0.3) is 0 Å². The van der Waals surface area contributed by atoms with Crippen LogP contribution in [-0.4, -0.2) is 63.4 Å². The largest absolute Gasteiger partial charge is 0.351 e. The lowest BCUT2D eigenvalue weighted by molar-refractivity contribution is -0.122. The zero-order chi connectivity index (χ0) is 17.1. The molecule has 2 fully saturated rings. The molecule has 0 radical (unpaired) electrons. The molecule has 2 aliphatic rings. The highest BCUT2D eigenvalue weighted by Gasteiger charge is 2.32. The molecule has 9 heteroatoms. The Hall–Kier alpha value is -0.670. The van der Waals surface area contributed by atoms with E-state index in [1.807, 2.05) is 0 Å². The second kappa shape index (κ2) is 7.48. The first kappa shape index (κ1) is 18.7. The molecule has 134 valence electrons. The molecule has 2 rings (SSSR count). The Labute approximate surface area is 138 Å². The molecule has 1 saturated heterocycles. The first-order valence-electron chi connectivity index (χ1n) is 8.14. The van der Waals surface area contributed by atoms with Gasteiger partial charge in [0.15, 0.2) is 9.84 Å².